The molecule has 0 amide bonds. The molecule has 0 bridgehead atoms. The molecule has 2 nitrogen and oxygen atoms in total. The van der Waals surface area contributed by atoms with Crippen LogP contribution in [-0.2, 0) is 0 Å². The van der Waals surface area contributed by atoms with Crippen LogP contribution in [0.3, 0.4) is 0 Å². The third-order valence-electron chi connectivity index (χ3n) is 3.23. The number of nitrogens with one attached hydrogen (secondary N) is 1. The van der Waals surface area contributed by atoms with E-state index >= 15 is 0 Å². The van der Waals surface area contributed by atoms with Gasteiger partial charge in [0.2, 0.25) is 0 Å². The summed E-state index contributed by atoms with van der Waals surface area (Å²) in [5.74, 6) is 6.51. The van der Waals surface area contributed by atoms with Crippen molar-refractivity contribution in [2.75, 3.05) is 0 Å². The highest BCUT2D eigenvalue weighted by molar-refractivity contribution is 4.75. The van der Waals surface area contributed by atoms with E-state index in [1.165, 1.54) is 51.4 Å². The molecule has 1 fully saturated rings. The van der Waals surface area contributed by atoms with Gasteiger partial charge in [-0.15, -0.1) is 0 Å². The predicted molar refractivity (Wildman–Crippen MR) is 57.2 cm³/mol. The highest BCUT2D eigenvalue weighted by atomic mass is 15.2. The van der Waals surface area contributed by atoms with Crippen molar-refractivity contribution in [3.05, 3.63) is 0 Å². The molecule has 3 N–H and O–H groups in total. The molecule has 0 radical (unpaired) electrons. The third-order valence-corrected chi connectivity index (χ3v) is 3.23. The number of unbranched alkanes of at least 4 members (excludes halogenated alkanes) is 2. The van der Waals surface area contributed by atoms with Gasteiger partial charge in [0.15, 0.2) is 0 Å². The Labute approximate surface area is 82.2 Å². The summed E-state index contributed by atoms with van der Waals surface area (Å²) in [6, 6.07) is 0.580. The number of hydrogen-bond acceptors (Lipinski definition) is 2. The maximum atomic E-state index is 5.53. The van der Waals surface area contributed by atoms with E-state index in [0.29, 0.717) is 6.04 Å². The molecule has 0 spiro atoms. The van der Waals surface area contributed by atoms with Crippen LogP contribution >= 0.6 is 0 Å². The van der Waals surface area contributed by atoms with Gasteiger partial charge in [-0.3, -0.25) is 11.3 Å². The van der Waals surface area contributed by atoms with Crippen LogP contribution in [0.2, 0.25) is 0 Å². The van der Waals surface area contributed by atoms with Gasteiger partial charge in [0.25, 0.3) is 0 Å². The Balaban J connectivity index is 2.03. The molecule has 78 valence electrons. The lowest BCUT2D eigenvalue weighted by atomic mass is 9.80. The molecule has 13 heavy (non-hydrogen) atoms. The molecule has 0 aliphatic heterocycles. The molecule has 1 atom stereocenters. The first-order valence-electron chi connectivity index (χ1n) is 5.83. The lowest BCUT2D eigenvalue weighted by molar-refractivity contribution is 0.252. The highest BCUT2D eigenvalue weighted by Crippen LogP contribution is 2.31. The highest BCUT2D eigenvalue weighted by Gasteiger charge is 2.20. The lowest BCUT2D eigenvalue weighted by Gasteiger charge is -2.29. The fraction of sp³-hybridized carbons (Fsp3) is 1.00. The first kappa shape index (κ1) is 11.0. The van der Waals surface area contributed by atoms with E-state index in [4.69, 9.17) is 5.84 Å². The van der Waals surface area contributed by atoms with E-state index in [1.807, 2.05) is 0 Å². The maximum Gasteiger partial charge on any atom is 0.0213 e. The predicted octanol–water partition coefficient (Wildman–Crippen LogP) is 2.59. The van der Waals surface area contributed by atoms with Crippen LogP contribution in [-0.4, -0.2) is 6.04 Å². The topological polar surface area (TPSA) is 38.0 Å². The van der Waals surface area contributed by atoms with E-state index < -0.39 is 0 Å². The Morgan fingerprint density at radius 2 is 2.15 bits per heavy atom. The quantitative estimate of drug-likeness (QED) is 0.362. The molecule has 0 saturated heterocycles. The second kappa shape index (κ2) is 6.39. The van der Waals surface area contributed by atoms with Crippen LogP contribution in [0.5, 0.6) is 0 Å². The number of rotatable bonds is 7. The maximum absolute atomic E-state index is 5.53. The number of nitrogens with two attached hydrogens (primary N) is 1. The molecule has 1 rings (SSSR count). The molecular formula is C11H24N2. The van der Waals surface area contributed by atoms with E-state index in [-0.39, 0.29) is 0 Å². The minimum Gasteiger partial charge on any atom is -0.271 e. The molecule has 1 aliphatic carbocycles. The van der Waals surface area contributed by atoms with Crippen molar-refractivity contribution in [1.29, 1.82) is 0 Å². The van der Waals surface area contributed by atoms with Crippen molar-refractivity contribution in [1.82, 2.24) is 5.43 Å². The second-order valence-corrected chi connectivity index (χ2v) is 4.39. The van der Waals surface area contributed by atoms with E-state index in [9.17, 15) is 0 Å². The largest absolute Gasteiger partial charge is 0.271 e. The zero-order valence-electron chi connectivity index (χ0n) is 8.89. The van der Waals surface area contributed by atoms with Crippen LogP contribution in [0, 0.1) is 5.92 Å². The molecule has 0 aromatic heterocycles. The molecule has 0 aromatic rings. The Morgan fingerprint density at radius 1 is 1.38 bits per heavy atom. The van der Waals surface area contributed by atoms with Gasteiger partial charge in [-0.05, 0) is 18.8 Å². The van der Waals surface area contributed by atoms with Crippen molar-refractivity contribution in [2.45, 2.75) is 64.3 Å². The molecule has 1 saturated carbocycles. The van der Waals surface area contributed by atoms with Gasteiger partial charge in [-0.25, -0.2) is 0 Å². The second-order valence-electron chi connectivity index (χ2n) is 4.39. The van der Waals surface area contributed by atoms with Crippen molar-refractivity contribution >= 4 is 0 Å². The Kier molecular flexibility index (Phi) is 5.40. The third kappa shape index (κ3) is 4.10. The molecule has 0 aromatic carbocycles. The fourth-order valence-electron chi connectivity index (χ4n) is 2.04. The van der Waals surface area contributed by atoms with Gasteiger partial charge < -0.3 is 0 Å². The molecule has 1 aliphatic rings. The smallest absolute Gasteiger partial charge is 0.0213 e. The Hall–Kier alpha value is -0.0800. The van der Waals surface area contributed by atoms with Crippen LogP contribution in [0.4, 0.5) is 0 Å². The molecule has 2 heteroatoms. The first-order valence-corrected chi connectivity index (χ1v) is 5.83. The van der Waals surface area contributed by atoms with Crippen LogP contribution in [0.1, 0.15) is 58.3 Å². The van der Waals surface area contributed by atoms with Crippen molar-refractivity contribution in [3.8, 4) is 0 Å². The molecular weight excluding hydrogens is 160 g/mol. The van der Waals surface area contributed by atoms with E-state index in [2.05, 4.69) is 12.3 Å². The number of hydrazine groups is 1. The van der Waals surface area contributed by atoms with Gasteiger partial charge in [0, 0.05) is 6.04 Å². The lowest BCUT2D eigenvalue weighted by Crippen LogP contribution is -2.37. The minimum absolute atomic E-state index is 0.580. The van der Waals surface area contributed by atoms with Crippen LogP contribution < -0.4 is 11.3 Å². The Morgan fingerprint density at radius 3 is 2.62 bits per heavy atom. The van der Waals surface area contributed by atoms with Crippen molar-refractivity contribution in [3.63, 3.8) is 0 Å². The fourth-order valence-corrected chi connectivity index (χ4v) is 2.04. The summed E-state index contributed by atoms with van der Waals surface area (Å²) in [5, 5.41) is 0. The van der Waals surface area contributed by atoms with E-state index in [0.717, 1.165) is 5.92 Å². The van der Waals surface area contributed by atoms with Crippen LogP contribution in [0.25, 0.3) is 0 Å². The van der Waals surface area contributed by atoms with Crippen molar-refractivity contribution < 1.29 is 0 Å². The monoisotopic (exact) mass is 184 g/mol. The first-order chi connectivity index (χ1) is 6.36. The summed E-state index contributed by atoms with van der Waals surface area (Å²) in [5.41, 5.74) is 2.96. The van der Waals surface area contributed by atoms with Gasteiger partial charge >= 0.3 is 0 Å². The summed E-state index contributed by atoms with van der Waals surface area (Å²) in [4.78, 5) is 0. The summed E-state index contributed by atoms with van der Waals surface area (Å²) >= 11 is 0. The van der Waals surface area contributed by atoms with Gasteiger partial charge in [0.05, 0.1) is 0 Å². The standard InChI is InChI=1S/C11H24N2/c1-2-3-4-8-11(13-12)9-10-6-5-7-10/h10-11,13H,2-9,12H2,1H3. The SMILES string of the molecule is CCCCCC(CC1CCC1)NN. The van der Waals surface area contributed by atoms with Gasteiger partial charge in [0.1, 0.15) is 0 Å². The normalized spacial score (nSPS) is 19.8. The van der Waals surface area contributed by atoms with E-state index in [1.54, 1.807) is 0 Å². The van der Waals surface area contributed by atoms with Crippen LogP contribution in [0.15, 0.2) is 0 Å². The summed E-state index contributed by atoms with van der Waals surface area (Å²) in [6.45, 7) is 2.25. The zero-order chi connectivity index (χ0) is 9.52. The average molecular weight is 184 g/mol. The molecule has 0 heterocycles. The van der Waals surface area contributed by atoms with Gasteiger partial charge in [-0.2, -0.15) is 0 Å². The summed E-state index contributed by atoms with van der Waals surface area (Å²) < 4.78 is 0. The summed E-state index contributed by atoms with van der Waals surface area (Å²) in [7, 11) is 0. The zero-order valence-corrected chi connectivity index (χ0v) is 8.89. The summed E-state index contributed by atoms with van der Waals surface area (Å²) in [6.07, 6.45) is 10.9. The molecule has 1 unspecified atom stereocenters. The minimum atomic E-state index is 0.580. The van der Waals surface area contributed by atoms with Crippen molar-refractivity contribution in [2.24, 2.45) is 11.8 Å². The Bertz CT molecular complexity index is 121. The average Bonchev–Trinajstić information content (AvgIpc) is 2.08. The number of hydrogen-bond donors (Lipinski definition) is 2. The van der Waals surface area contributed by atoms with Gasteiger partial charge in [-0.1, -0.05) is 45.4 Å².